The molecule has 0 atom stereocenters. The second-order valence-electron chi connectivity index (χ2n) is 2.17. The molecule has 0 aliphatic carbocycles. The minimum absolute atomic E-state index is 0.0909. The Bertz CT molecular complexity index is 317. The molecule has 0 saturated carbocycles. The zero-order valence-corrected chi connectivity index (χ0v) is 6.38. The summed E-state index contributed by atoms with van der Waals surface area (Å²) in [6.45, 7) is 0.0909. The van der Waals surface area contributed by atoms with Crippen LogP contribution in [0.1, 0.15) is 0 Å². The molecule has 0 aliphatic heterocycles. The van der Waals surface area contributed by atoms with Crippen molar-refractivity contribution in [3.05, 3.63) is 24.0 Å². The van der Waals surface area contributed by atoms with Crippen molar-refractivity contribution in [3.8, 4) is 18.1 Å². The molecule has 1 aromatic rings. The van der Waals surface area contributed by atoms with E-state index in [1.54, 1.807) is 0 Å². The summed E-state index contributed by atoms with van der Waals surface area (Å²) in [4.78, 5) is 0. The Morgan fingerprint density at radius 3 is 3.00 bits per heavy atom. The van der Waals surface area contributed by atoms with Gasteiger partial charge in [-0.05, 0) is 12.1 Å². The van der Waals surface area contributed by atoms with Gasteiger partial charge in [-0.1, -0.05) is 5.92 Å². The number of halogens is 1. The molecule has 12 heavy (non-hydrogen) atoms. The molecule has 1 rings (SSSR count). The maximum absolute atomic E-state index is 12.6. The quantitative estimate of drug-likeness (QED) is 0.531. The molecule has 0 spiro atoms. The fourth-order valence-electron chi connectivity index (χ4n) is 0.753. The second-order valence-corrected chi connectivity index (χ2v) is 2.17. The van der Waals surface area contributed by atoms with Crippen molar-refractivity contribution >= 4 is 5.69 Å². The van der Waals surface area contributed by atoms with Gasteiger partial charge in [0.2, 0.25) is 0 Å². The molecular weight excluding hydrogens is 157 g/mol. The standard InChI is InChI=1S/C9H8FNO/c1-2-5-12-9-6-7(10)3-4-8(9)11/h1,3-4,6H,5,11H2. The normalized spacial score (nSPS) is 9.00. The minimum atomic E-state index is -0.392. The highest BCUT2D eigenvalue weighted by Gasteiger charge is 2.00. The van der Waals surface area contributed by atoms with Crippen LogP contribution in [-0.2, 0) is 0 Å². The lowest BCUT2D eigenvalue weighted by molar-refractivity contribution is 0.370. The van der Waals surface area contributed by atoms with Crippen molar-refractivity contribution in [2.45, 2.75) is 0 Å². The van der Waals surface area contributed by atoms with E-state index in [4.69, 9.17) is 16.9 Å². The van der Waals surface area contributed by atoms with E-state index in [2.05, 4.69) is 5.92 Å². The molecule has 1 aromatic carbocycles. The van der Waals surface area contributed by atoms with Crippen molar-refractivity contribution in [2.75, 3.05) is 12.3 Å². The summed E-state index contributed by atoms with van der Waals surface area (Å²) in [5, 5.41) is 0. The van der Waals surface area contributed by atoms with Crippen LogP contribution in [0.2, 0.25) is 0 Å². The Balaban J connectivity index is 2.84. The minimum Gasteiger partial charge on any atom is -0.479 e. The fraction of sp³-hybridized carbons (Fsp3) is 0.111. The van der Waals surface area contributed by atoms with Gasteiger partial charge in [0.05, 0.1) is 5.69 Å². The van der Waals surface area contributed by atoms with Crippen LogP contribution in [0.5, 0.6) is 5.75 Å². The van der Waals surface area contributed by atoms with Crippen LogP contribution < -0.4 is 10.5 Å². The van der Waals surface area contributed by atoms with Gasteiger partial charge in [-0.2, -0.15) is 0 Å². The highest BCUT2D eigenvalue weighted by atomic mass is 19.1. The molecule has 0 aromatic heterocycles. The van der Waals surface area contributed by atoms with Gasteiger partial charge in [0.25, 0.3) is 0 Å². The average Bonchev–Trinajstić information content (AvgIpc) is 2.07. The Morgan fingerprint density at radius 1 is 1.58 bits per heavy atom. The lowest BCUT2D eigenvalue weighted by Crippen LogP contribution is -1.98. The third-order valence-corrected chi connectivity index (χ3v) is 1.29. The first-order chi connectivity index (χ1) is 5.74. The highest BCUT2D eigenvalue weighted by molar-refractivity contribution is 5.52. The van der Waals surface area contributed by atoms with E-state index in [0.29, 0.717) is 5.69 Å². The summed E-state index contributed by atoms with van der Waals surface area (Å²) < 4.78 is 17.6. The zero-order valence-electron chi connectivity index (χ0n) is 6.38. The molecule has 0 unspecified atom stereocenters. The number of hydrogen-bond acceptors (Lipinski definition) is 2. The average molecular weight is 165 g/mol. The molecule has 0 saturated heterocycles. The van der Waals surface area contributed by atoms with Crippen molar-refractivity contribution in [1.29, 1.82) is 0 Å². The lowest BCUT2D eigenvalue weighted by Gasteiger charge is -2.04. The van der Waals surface area contributed by atoms with Crippen LogP contribution in [0, 0.1) is 18.2 Å². The maximum atomic E-state index is 12.6. The van der Waals surface area contributed by atoms with E-state index in [-0.39, 0.29) is 12.4 Å². The van der Waals surface area contributed by atoms with Gasteiger partial charge in [0, 0.05) is 6.07 Å². The van der Waals surface area contributed by atoms with Crippen LogP contribution in [0.4, 0.5) is 10.1 Å². The Kier molecular flexibility index (Phi) is 2.54. The summed E-state index contributed by atoms with van der Waals surface area (Å²) in [5.41, 5.74) is 5.85. The zero-order chi connectivity index (χ0) is 8.97. The monoisotopic (exact) mass is 165 g/mol. The number of terminal acetylenes is 1. The van der Waals surface area contributed by atoms with Gasteiger partial charge in [0.1, 0.15) is 18.2 Å². The molecular formula is C9H8FNO. The number of hydrogen-bond donors (Lipinski definition) is 1. The molecule has 0 amide bonds. The number of nitrogens with two attached hydrogens (primary N) is 1. The summed E-state index contributed by atoms with van der Waals surface area (Å²) in [5.74, 6) is 2.16. The first-order valence-electron chi connectivity index (χ1n) is 3.35. The Morgan fingerprint density at radius 2 is 2.33 bits per heavy atom. The molecule has 62 valence electrons. The molecule has 0 heterocycles. The smallest absolute Gasteiger partial charge is 0.148 e. The molecule has 0 aliphatic rings. The summed E-state index contributed by atoms with van der Waals surface area (Å²) in [7, 11) is 0. The lowest BCUT2D eigenvalue weighted by atomic mass is 10.3. The van der Waals surface area contributed by atoms with Crippen molar-refractivity contribution in [1.82, 2.24) is 0 Å². The van der Waals surface area contributed by atoms with E-state index in [0.717, 1.165) is 0 Å². The largest absolute Gasteiger partial charge is 0.479 e. The van der Waals surface area contributed by atoms with E-state index in [1.165, 1.54) is 18.2 Å². The predicted octanol–water partition coefficient (Wildman–Crippen LogP) is 1.42. The Hall–Kier alpha value is -1.69. The topological polar surface area (TPSA) is 35.2 Å². The van der Waals surface area contributed by atoms with Crippen LogP contribution in [0.3, 0.4) is 0 Å². The maximum Gasteiger partial charge on any atom is 0.148 e. The van der Waals surface area contributed by atoms with E-state index < -0.39 is 5.82 Å². The van der Waals surface area contributed by atoms with E-state index in [1.807, 2.05) is 0 Å². The van der Waals surface area contributed by atoms with Crippen molar-refractivity contribution in [2.24, 2.45) is 0 Å². The number of benzene rings is 1. The molecule has 0 fully saturated rings. The molecule has 0 radical (unpaired) electrons. The second kappa shape index (κ2) is 3.63. The summed E-state index contributed by atoms with van der Waals surface area (Å²) >= 11 is 0. The molecule has 2 nitrogen and oxygen atoms in total. The van der Waals surface area contributed by atoms with Crippen LogP contribution in [0.15, 0.2) is 18.2 Å². The highest BCUT2D eigenvalue weighted by Crippen LogP contribution is 2.21. The number of ether oxygens (including phenoxy) is 1. The predicted molar refractivity (Wildman–Crippen MR) is 45.1 cm³/mol. The van der Waals surface area contributed by atoms with Gasteiger partial charge in [-0.15, -0.1) is 6.42 Å². The van der Waals surface area contributed by atoms with Crippen molar-refractivity contribution in [3.63, 3.8) is 0 Å². The fourth-order valence-corrected chi connectivity index (χ4v) is 0.753. The van der Waals surface area contributed by atoms with Gasteiger partial charge >= 0.3 is 0 Å². The van der Waals surface area contributed by atoms with Crippen molar-refractivity contribution < 1.29 is 9.13 Å². The van der Waals surface area contributed by atoms with Gasteiger partial charge < -0.3 is 10.5 Å². The third kappa shape index (κ3) is 1.89. The third-order valence-electron chi connectivity index (χ3n) is 1.29. The number of rotatable bonds is 2. The Labute approximate surface area is 70.1 Å². The van der Waals surface area contributed by atoms with Crippen LogP contribution in [-0.4, -0.2) is 6.61 Å². The van der Waals surface area contributed by atoms with Gasteiger partial charge in [-0.3, -0.25) is 0 Å². The van der Waals surface area contributed by atoms with Gasteiger partial charge in [0.15, 0.2) is 0 Å². The number of anilines is 1. The van der Waals surface area contributed by atoms with Crippen LogP contribution >= 0.6 is 0 Å². The molecule has 3 heteroatoms. The van der Waals surface area contributed by atoms with E-state index in [9.17, 15) is 4.39 Å². The number of nitrogen functional groups attached to an aromatic ring is 1. The molecule has 0 bridgehead atoms. The SMILES string of the molecule is C#CCOc1cc(F)ccc1N. The van der Waals surface area contributed by atoms with Crippen LogP contribution in [0.25, 0.3) is 0 Å². The molecule has 2 N–H and O–H groups in total. The van der Waals surface area contributed by atoms with Gasteiger partial charge in [-0.25, -0.2) is 4.39 Å². The first-order valence-corrected chi connectivity index (χ1v) is 3.35. The van der Waals surface area contributed by atoms with E-state index >= 15 is 0 Å². The summed E-state index contributed by atoms with van der Waals surface area (Å²) in [6.07, 6.45) is 4.95. The summed E-state index contributed by atoms with van der Waals surface area (Å²) in [6, 6.07) is 3.89. The first kappa shape index (κ1) is 8.41.